The Morgan fingerprint density at radius 1 is 0.938 bits per heavy atom. The second-order valence-corrected chi connectivity index (χ2v) is 3.81. The smallest absolute Gasteiger partial charge is 0.252 e. The van der Waals surface area contributed by atoms with Gasteiger partial charge in [0, 0.05) is 23.1 Å². The van der Waals surface area contributed by atoms with Gasteiger partial charge in [0.25, 0.3) is 10.5 Å². The van der Waals surface area contributed by atoms with E-state index in [-0.39, 0.29) is 28.9 Å². The zero-order valence-electron chi connectivity index (χ0n) is 8.42. The molecule has 0 amide bonds. The molecule has 0 spiro atoms. The fourth-order valence-corrected chi connectivity index (χ4v) is 1.44. The fourth-order valence-electron chi connectivity index (χ4n) is 1.22. The minimum atomic E-state index is -0.732. The molecule has 1 rings (SSSR count). The van der Waals surface area contributed by atoms with Gasteiger partial charge in [-0.15, -0.1) is 0 Å². The Morgan fingerprint density at radius 2 is 1.31 bits per heavy atom. The van der Waals surface area contributed by atoms with Crippen LogP contribution in [0.1, 0.15) is 44.4 Å². The van der Waals surface area contributed by atoms with E-state index >= 15 is 0 Å². The lowest BCUT2D eigenvalue weighted by atomic mass is 10.0. The van der Waals surface area contributed by atoms with E-state index in [1.54, 1.807) is 6.92 Å². The number of halogens is 2. The van der Waals surface area contributed by atoms with Crippen LogP contribution in [-0.2, 0) is 0 Å². The van der Waals surface area contributed by atoms with Crippen molar-refractivity contribution in [3.05, 3.63) is 34.9 Å². The molecule has 0 bridgehead atoms. The maximum absolute atomic E-state index is 11.5. The minimum Gasteiger partial charge on any atom is -0.294 e. The topological polar surface area (TPSA) is 51.2 Å². The van der Waals surface area contributed by atoms with Crippen molar-refractivity contribution in [1.29, 1.82) is 0 Å². The summed E-state index contributed by atoms with van der Waals surface area (Å²) in [5.74, 6) is -0.182. The van der Waals surface area contributed by atoms with Gasteiger partial charge in [-0.1, -0.05) is 6.92 Å². The molecule has 1 aromatic carbocycles. The lowest BCUT2D eigenvalue weighted by molar-refractivity contribution is 0.0988. The van der Waals surface area contributed by atoms with Crippen molar-refractivity contribution in [2.45, 2.75) is 13.3 Å². The number of rotatable bonds is 4. The average molecular weight is 259 g/mol. The molecule has 0 aromatic heterocycles. The molecule has 5 heteroatoms. The molecule has 0 atom stereocenters. The molecule has 0 aliphatic heterocycles. The van der Waals surface area contributed by atoms with Gasteiger partial charge in [-0.3, -0.25) is 14.4 Å². The van der Waals surface area contributed by atoms with Gasteiger partial charge < -0.3 is 0 Å². The first-order valence-corrected chi connectivity index (χ1v) is 5.29. The van der Waals surface area contributed by atoms with E-state index in [1.165, 1.54) is 18.2 Å². The molecule has 0 unspecified atom stereocenters. The molecule has 0 N–H and O–H groups in total. The summed E-state index contributed by atoms with van der Waals surface area (Å²) >= 11 is 10.6. The van der Waals surface area contributed by atoms with Gasteiger partial charge in [0.05, 0.1) is 0 Å². The molecule has 3 nitrogen and oxygen atoms in total. The summed E-state index contributed by atoms with van der Waals surface area (Å²) in [6, 6.07) is 3.96. The summed E-state index contributed by atoms with van der Waals surface area (Å²) in [5, 5.41) is -1.46. The Morgan fingerprint density at radius 3 is 1.62 bits per heavy atom. The lowest BCUT2D eigenvalue weighted by Crippen LogP contribution is -2.03. The largest absolute Gasteiger partial charge is 0.294 e. The predicted molar refractivity (Wildman–Crippen MR) is 61.4 cm³/mol. The van der Waals surface area contributed by atoms with Crippen molar-refractivity contribution >= 4 is 39.5 Å². The number of Topliss-reactive ketones (excluding diaryl/α,β-unsaturated/α-hetero) is 1. The molecule has 16 heavy (non-hydrogen) atoms. The highest BCUT2D eigenvalue weighted by molar-refractivity contribution is 6.69. The Kier molecular flexibility index (Phi) is 4.21. The maximum Gasteiger partial charge on any atom is 0.252 e. The van der Waals surface area contributed by atoms with Gasteiger partial charge >= 0.3 is 0 Å². The van der Waals surface area contributed by atoms with E-state index in [9.17, 15) is 14.4 Å². The van der Waals surface area contributed by atoms with E-state index in [4.69, 9.17) is 23.2 Å². The molecule has 0 saturated heterocycles. The molecule has 0 radical (unpaired) electrons. The van der Waals surface area contributed by atoms with Crippen LogP contribution in [0, 0.1) is 0 Å². The van der Waals surface area contributed by atoms with Gasteiger partial charge in [-0.05, 0) is 41.4 Å². The van der Waals surface area contributed by atoms with Crippen LogP contribution in [0.2, 0.25) is 0 Å². The maximum atomic E-state index is 11.5. The van der Waals surface area contributed by atoms with Crippen LogP contribution in [0.4, 0.5) is 0 Å². The first kappa shape index (κ1) is 12.9. The normalized spacial score (nSPS) is 9.94. The molecule has 0 saturated carbocycles. The zero-order valence-corrected chi connectivity index (χ0v) is 9.93. The number of benzene rings is 1. The van der Waals surface area contributed by atoms with Crippen molar-refractivity contribution in [2.24, 2.45) is 0 Å². The molecule has 0 heterocycles. The van der Waals surface area contributed by atoms with E-state index in [2.05, 4.69) is 0 Å². The zero-order chi connectivity index (χ0) is 12.3. The van der Waals surface area contributed by atoms with Crippen molar-refractivity contribution in [3.8, 4) is 0 Å². The molecule has 84 valence electrons. The molecule has 1 aromatic rings. The van der Waals surface area contributed by atoms with Gasteiger partial charge in [0.2, 0.25) is 0 Å². The third-order valence-corrected chi connectivity index (χ3v) is 2.47. The van der Waals surface area contributed by atoms with Gasteiger partial charge in [-0.25, -0.2) is 0 Å². The number of hydrogen-bond donors (Lipinski definition) is 0. The monoisotopic (exact) mass is 258 g/mol. The Balaban J connectivity index is 3.35. The number of ketones is 1. The third kappa shape index (κ3) is 2.90. The van der Waals surface area contributed by atoms with Crippen LogP contribution < -0.4 is 0 Å². The third-order valence-electron chi connectivity index (χ3n) is 2.03. The van der Waals surface area contributed by atoms with Crippen molar-refractivity contribution in [3.63, 3.8) is 0 Å². The average Bonchev–Trinajstić information content (AvgIpc) is 2.27. The summed E-state index contributed by atoms with van der Waals surface area (Å²) in [6.45, 7) is 1.68. The van der Waals surface area contributed by atoms with E-state index < -0.39 is 10.5 Å². The molecule has 0 aliphatic rings. The molecule has 0 fully saturated rings. The standard InChI is InChI=1S/C11H8Cl2O3/c1-2-9(14)6-3-7(10(12)15)5-8(4-6)11(13)16/h3-5H,2H2,1H3. The van der Waals surface area contributed by atoms with Crippen LogP contribution in [0.15, 0.2) is 18.2 Å². The highest BCUT2D eigenvalue weighted by atomic mass is 35.5. The van der Waals surface area contributed by atoms with E-state index in [1.807, 2.05) is 0 Å². The second kappa shape index (κ2) is 5.23. The Hall–Kier alpha value is -1.19. The minimum absolute atomic E-state index is 0.0879. The van der Waals surface area contributed by atoms with Crippen molar-refractivity contribution in [2.75, 3.05) is 0 Å². The first-order valence-electron chi connectivity index (χ1n) is 4.53. The fraction of sp³-hybridized carbons (Fsp3) is 0.182. The van der Waals surface area contributed by atoms with Crippen LogP contribution in [0.3, 0.4) is 0 Å². The van der Waals surface area contributed by atoms with Crippen molar-refractivity contribution < 1.29 is 14.4 Å². The van der Waals surface area contributed by atoms with Crippen LogP contribution in [0.25, 0.3) is 0 Å². The quantitative estimate of drug-likeness (QED) is 0.616. The summed E-state index contributed by atoms with van der Waals surface area (Å²) in [6.07, 6.45) is 0.274. The number of hydrogen-bond acceptors (Lipinski definition) is 3. The molecule has 0 aliphatic carbocycles. The van der Waals surface area contributed by atoms with Crippen molar-refractivity contribution in [1.82, 2.24) is 0 Å². The SMILES string of the molecule is CCC(=O)c1cc(C(=O)Cl)cc(C(=O)Cl)c1. The first-order chi connectivity index (χ1) is 7.45. The van der Waals surface area contributed by atoms with Crippen LogP contribution in [-0.4, -0.2) is 16.3 Å². The second-order valence-electron chi connectivity index (χ2n) is 3.12. The number of carbonyl (C=O) groups excluding carboxylic acids is 3. The summed E-state index contributed by atoms with van der Waals surface area (Å²) < 4.78 is 0. The summed E-state index contributed by atoms with van der Waals surface area (Å²) in [4.78, 5) is 33.4. The molecular weight excluding hydrogens is 251 g/mol. The number of carbonyl (C=O) groups is 3. The Labute approximate surface area is 102 Å². The lowest BCUT2D eigenvalue weighted by Gasteiger charge is -2.03. The van der Waals surface area contributed by atoms with E-state index in [0.29, 0.717) is 0 Å². The predicted octanol–water partition coefficient (Wildman–Crippen LogP) is 3.04. The van der Waals surface area contributed by atoms with Gasteiger partial charge in [0.15, 0.2) is 5.78 Å². The highest BCUT2D eigenvalue weighted by Crippen LogP contribution is 2.16. The van der Waals surface area contributed by atoms with Gasteiger partial charge in [-0.2, -0.15) is 0 Å². The summed E-state index contributed by atoms with van der Waals surface area (Å²) in [7, 11) is 0. The Bertz CT molecular complexity index is 434. The van der Waals surface area contributed by atoms with Crippen LogP contribution >= 0.6 is 23.2 Å². The summed E-state index contributed by atoms with van der Waals surface area (Å²) in [5.41, 5.74) is 0.438. The molecular formula is C11H8Cl2O3. The van der Waals surface area contributed by atoms with Crippen LogP contribution in [0.5, 0.6) is 0 Å². The highest BCUT2D eigenvalue weighted by Gasteiger charge is 2.13. The van der Waals surface area contributed by atoms with E-state index in [0.717, 1.165) is 0 Å². The van der Waals surface area contributed by atoms with Gasteiger partial charge in [0.1, 0.15) is 0 Å².